The van der Waals surface area contributed by atoms with Gasteiger partial charge in [-0.25, -0.2) is 15.6 Å². The number of benzene rings is 1. The van der Waals surface area contributed by atoms with Crippen molar-refractivity contribution in [1.82, 2.24) is 16.2 Å². The van der Waals surface area contributed by atoms with Crippen LogP contribution in [0.4, 0.5) is 0 Å². The summed E-state index contributed by atoms with van der Waals surface area (Å²) in [5, 5.41) is 3.34. The molecule has 1 fully saturated rings. The van der Waals surface area contributed by atoms with Crippen molar-refractivity contribution in [3.05, 3.63) is 34.9 Å². The molecule has 0 bridgehead atoms. The zero-order valence-corrected chi connectivity index (χ0v) is 13.5. The Bertz CT molecular complexity index is 577. The molecule has 1 aliphatic heterocycles. The second-order valence-corrected chi connectivity index (χ2v) is 6.16. The fourth-order valence-corrected chi connectivity index (χ4v) is 2.66. The Kier molecular flexibility index (Phi) is 5.05. The summed E-state index contributed by atoms with van der Waals surface area (Å²) in [7, 11) is 1.29. The van der Waals surface area contributed by atoms with Gasteiger partial charge in [-0.2, -0.15) is 0 Å². The van der Waals surface area contributed by atoms with E-state index in [-0.39, 0.29) is 11.9 Å². The van der Waals surface area contributed by atoms with Gasteiger partial charge in [0.1, 0.15) is 11.6 Å². The molecule has 1 aromatic carbocycles. The number of nitrogens with one attached hydrogen (secondary N) is 3. The summed E-state index contributed by atoms with van der Waals surface area (Å²) in [5.74, 6) is -0.757. The van der Waals surface area contributed by atoms with Crippen molar-refractivity contribution in [2.75, 3.05) is 7.11 Å². The van der Waals surface area contributed by atoms with Gasteiger partial charge in [0.15, 0.2) is 0 Å². The minimum absolute atomic E-state index is 0.0642. The molecule has 2 rings (SSSR count). The average molecular weight is 326 g/mol. The molecule has 1 aromatic rings. The normalized spacial score (nSPS) is 21.5. The zero-order chi connectivity index (χ0) is 16.3. The molecule has 1 heterocycles. The number of ether oxygens (including phenoxy) is 1. The van der Waals surface area contributed by atoms with Gasteiger partial charge in [0, 0.05) is 11.1 Å². The molecule has 0 radical (unpaired) electrons. The third kappa shape index (κ3) is 3.58. The maximum Gasteiger partial charge on any atom is 0.330 e. The fraction of sp³-hybridized carbons (Fsp3) is 0.467. The van der Waals surface area contributed by atoms with E-state index < -0.39 is 17.6 Å². The lowest BCUT2D eigenvalue weighted by Crippen LogP contribution is -2.55. The second-order valence-electron chi connectivity index (χ2n) is 5.76. The van der Waals surface area contributed by atoms with Gasteiger partial charge in [-0.15, -0.1) is 0 Å². The molecule has 120 valence electrons. The molecule has 7 heteroatoms. The highest BCUT2D eigenvalue weighted by molar-refractivity contribution is 6.31. The van der Waals surface area contributed by atoms with Crippen LogP contribution < -0.4 is 16.2 Å². The molecule has 0 saturated carbocycles. The van der Waals surface area contributed by atoms with Crippen LogP contribution in [-0.4, -0.2) is 30.6 Å². The van der Waals surface area contributed by atoms with Crippen molar-refractivity contribution in [2.24, 2.45) is 0 Å². The first kappa shape index (κ1) is 16.7. The predicted molar refractivity (Wildman–Crippen MR) is 83.1 cm³/mol. The van der Waals surface area contributed by atoms with Crippen LogP contribution in [0.15, 0.2) is 24.3 Å². The largest absolute Gasteiger partial charge is 0.467 e. The summed E-state index contributed by atoms with van der Waals surface area (Å²) in [6, 6.07) is 6.97. The van der Waals surface area contributed by atoms with E-state index in [2.05, 4.69) is 20.9 Å². The summed E-state index contributed by atoms with van der Waals surface area (Å²) in [6.45, 7) is 3.20. The lowest BCUT2D eigenvalue weighted by atomic mass is 10.00. The van der Waals surface area contributed by atoms with Crippen LogP contribution in [0.1, 0.15) is 31.9 Å². The number of methoxy groups -OCH3 is 1. The summed E-state index contributed by atoms with van der Waals surface area (Å²) >= 11 is 6.17. The van der Waals surface area contributed by atoms with Crippen molar-refractivity contribution in [1.29, 1.82) is 0 Å². The Hall–Kier alpha value is -1.63. The molecular weight excluding hydrogens is 306 g/mol. The van der Waals surface area contributed by atoms with Crippen LogP contribution in [0.5, 0.6) is 0 Å². The fourth-order valence-electron chi connectivity index (χ4n) is 2.39. The van der Waals surface area contributed by atoms with E-state index in [9.17, 15) is 9.59 Å². The number of halogens is 1. The maximum absolute atomic E-state index is 12.3. The van der Waals surface area contributed by atoms with Crippen molar-refractivity contribution in [2.45, 2.75) is 37.9 Å². The molecule has 1 amide bonds. The number of carbonyl (C=O) groups is 2. The molecule has 0 aliphatic carbocycles. The Morgan fingerprint density at radius 2 is 2.00 bits per heavy atom. The van der Waals surface area contributed by atoms with Crippen LogP contribution in [0, 0.1) is 0 Å². The van der Waals surface area contributed by atoms with Crippen molar-refractivity contribution < 1.29 is 14.3 Å². The lowest BCUT2D eigenvalue weighted by Gasteiger charge is -2.24. The first-order chi connectivity index (χ1) is 10.3. The first-order valence-electron chi connectivity index (χ1n) is 7.01. The SMILES string of the molecule is COC(=O)C(C)(C)NC(=O)C1CC(c2ccccc2Cl)NN1. The highest BCUT2D eigenvalue weighted by Crippen LogP contribution is 2.28. The third-order valence-corrected chi connectivity index (χ3v) is 3.98. The van der Waals surface area contributed by atoms with E-state index in [0.717, 1.165) is 5.56 Å². The monoisotopic (exact) mass is 325 g/mol. The van der Waals surface area contributed by atoms with E-state index in [1.165, 1.54) is 7.11 Å². The smallest absolute Gasteiger partial charge is 0.330 e. The van der Waals surface area contributed by atoms with E-state index in [4.69, 9.17) is 11.6 Å². The average Bonchev–Trinajstić information content (AvgIpc) is 2.96. The second kappa shape index (κ2) is 6.64. The number of hydrazine groups is 1. The number of hydrogen-bond donors (Lipinski definition) is 3. The van der Waals surface area contributed by atoms with E-state index in [0.29, 0.717) is 11.4 Å². The van der Waals surface area contributed by atoms with Crippen LogP contribution in [-0.2, 0) is 14.3 Å². The van der Waals surface area contributed by atoms with Crippen molar-refractivity contribution in [3.8, 4) is 0 Å². The molecular formula is C15H20ClN3O3. The van der Waals surface area contributed by atoms with Gasteiger partial charge < -0.3 is 10.1 Å². The number of carbonyl (C=O) groups excluding carboxylic acids is 2. The zero-order valence-electron chi connectivity index (χ0n) is 12.8. The van der Waals surface area contributed by atoms with Crippen molar-refractivity contribution in [3.63, 3.8) is 0 Å². The van der Waals surface area contributed by atoms with Crippen LogP contribution in [0.25, 0.3) is 0 Å². The number of rotatable bonds is 4. The van der Waals surface area contributed by atoms with E-state index in [1.807, 2.05) is 24.3 Å². The standard InChI is InChI=1S/C15H20ClN3O3/c1-15(2,14(21)22-3)17-13(20)12-8-11(18-19-12)9-6-4-5-7-10(9)16/h4-7,11-12,18-19H,8H2,1-3H3,(H,17,20). The molecule has 0 aromatic heterocycles. The highest BCUT2D eigenvalue weighted by Gasteiger charge is 2.36. The number of amides is 1. The quantitative estimate of drug-likeness (QED) is 0.728. The summed E-state index contributed by atoms with van der Waals surface area (Å²) in [5.41, 5.74) is 5.86. The number of hydrogen-bond acceptors (Lipinski definition) is 5. The molecule has 6 nitrogen and oxygen atoms in total. The molecule has 2 unspecified atom stereocenters. The Balaban J connectivity index is 2.00. The van der Waals surface area contributed by atoms with E-state index >= 15 is 0 Å². The van der Waals surface area contributed by atoms with Gasteiger partial charge in [-0.1, -0.05) is 29.8 Å². The number of esters is 1. The highest BCUT2D eigenvalue weighted by atomic mass is 35.5. The molecule has 2 atom stereocenters. The molecule has 3 N–H and O–H groups in total. The maximum atomic E-state index is 12.3. The minimum atomic E-state index is -1.07. The summed E-state index contributed by atoms with van der Waals surface area (Å²) in [4.78, 5) is 23.9. The lowest BCUT2D eigenvalue weighted by molar-refractivity contribution is -0.149. The van der Waals surface area contributed by atoms with Crippen molar-refractivity contribution >= 4 is 23.5 Å². The predicted octanol–water partition coefficient (Wildman–Crippen LogP) is 1.32. The van der Waals surface area contributed by atoms with E-state index in [1.54, 1.807) is 13.8 Å². The molecule has 1 saturated heterocycles. The minimum Gasteiger partial charge on any atom is -0.467 e. The van der Waals surface area contributed by atoms with Gasteiger partial charge in [0.05, 0.1) is 7.11 Å². The summed E-state index contributed by atoms with van der Waals surface area (Å²) < 4.78 is 4.68. The molecule has 0 spiro atoms. The first-order valence-corrected chi connectivity index (χ1v) is 7.39. The Labute approximate surface area is 134 Å². The van der Waals surface area contributed by atoms with Gasteiger partial charge >= 0.3 is 5.97 Å². The summed E-state index contributed by atoms with van der Waals surface area (Å²) in [6.07, 6.45) is 0.535. The Morgan fingerprint density at radius 3 is 2.64 bits per heavy atom. The third-order valence-electron chi connectivity index (χ3n) is 3.63. The molecule has 1 aliphatic rings. The van der Waals surface area contributed by atoms with Gasteiger partial charge in [-0.3, -0.25) is 4.79 Å². The van der Waals surface area contributed by atoms with Gasteiger partial charge in [-0.05, 0) is 31.9 Å². The Morgan fingerprint density at radius 1 is 1.32 bits per heavy atom. The molecule has 22 heavy (non-hydrogen) atoms. The van der Waals surface area contributed by atoms with Crippen LogP contribution >= 0.6 is 11.6 Å². The van der Waals surface area contributed by atoms with Gasteiger partial charge in [0.2, 0.25) is 5.91 Å². The van der Waals surface area contributed by atoms with Crippen LogP contribution in [0.2, 0.25) is 5.02 Å². The topological polar surface area (TPSA) is 79.5 Å². The van der Waals surface area contributed by atoms with Gasteiger partial charge in [0.25, 0.3) is 0 Å². The van der Waals surface area contributed by atoms with Crippen LogP contribution in [0.3, 0.4) is 0 Å².